The van der Waals surface area contributed by atoms with Crippen molar-refractivity contribution >= 4 is 34.9 Å². The lowest BCUT2D eigenvalue weighted by molar-refractivity contribution is -0.142. The summed E-state index contributed by atoms with van der Waals surface area (Å²) in [5, 5.41) is 22.4. The van der Waals surface area contributed by atoms with Gasteiger partial charge in [-0.25, -0.2) is 4.79 Å². The van der Waals surface area contributed by atoms with E-state index in [1.807, 2.05) is 54.3 Å². The number of nitrogen functional groups attached to an aromatic ring is 1. The first-order chi connectivity index (χ1) is 18.7. The van der Waals surface area contributed by atoms with Crippen LogP contribution >= 0.6 is 23.2 Å². The smallest absolute Gasteiger partial charge is 0.343 e. The fourth-order valence-electron chi connectivity index (χ4n) is 3.98. The van der Waals surface area contributed by atoms with Gasteiger partial charge in [-0.3, -0.25) is 4.90 Å². The molecule has 210 valence electrons. The first kappa shape index (κ1) is 30.5. The molecule has 3 atom stereocenters. The maximum Gasteiger partial charge on any atom is 0.343 e. The van der Waals surface area contributed by atoms with Crippen LogP contribution in [0.5, 0.6) is 11.5 Å². The summed E-state index contributed by atoms with van der Waals surface area (Å²) in [6.45, 7) is 2.40. The lowest BCUT2D eigenvalue weighted by atomic mass is 10.0. The Balaban J connectivity index is 1.70. The highest BCUT2D eigenvalue weighted by Crippen LogP contribution is 2.32. The van der Waals surface area contributed by atoms with Crippen LogP contribution in [0.15, 0.2) is 66.7 Å². The first-order valence-corrected chi connectivity index (χ1v) is 13.2. The van der Waals surface area contributed by atoms with Gasteiger partial charge in [0.15, 0.2) is 6.61 Å². The molecule has 3 unspecified atom stereocenters. The summed E-state index contributed by atoms with van der Waals surface area (Å²) in [5.74, 6) is 0.756. The maximum absolute atomic E-state index is 11.3. The number of aliphatic hydroxyl groups is 2. The topological polar surface area (TPSA) is 114 Å². The van der Waals surface area contributed by atoms with Crippen molar-refractivity contribution in [1.82, 2.24) is 4.90 Å². The summed E-state index contributed by atoms with van der Waals surface area (Å²) >= 11 is 12.4. The van der Waals surface area contributed by atoms with Crippen LogP contribution in [0.3, 0.4) is 0 Å². The number of carbonyl (C=O) groups is 1. The third-order valence-electron chi connectivity index (χ3n) is 6.19. The van der Waals surface area contributed by atoms with Crippen molar-refractivity contribution in [3.63, 3.8) is 0 Å². The number of nitrogens with two attached hydrogens (primary N) is 1. The van der Waals surface area contributed by atoms with E-state index < -0.39 is 18.2 Å². The second-order valence-corrected chi connectivity index (χ2v) is 10.0. The zero-order valence-corrected chi connectivity index (χ0v) is 23.4. The van der Waals surface area contributed by atoms with Gasteiger partial charge in [0.2, 0.25) is 0 Å². The molecule has 0 aliphatic carbocycles. The minimum Gasteiger partial charge on any atom is -0.491 e. The minimum atomic E-state index is -0.931. The van der Waals surface area contributed by atoms with Gasteiger partial charge < -0.3 is 30.2 Å². The Morgan fingerprint density at radius 2 is 1.56 bits per heavy atom. The van der Waals surface area contributed by atoms with Crippen LogP contribution in [-0.4, -0.2) is 66.6 Å². The Labute approximate surface area is 238 Å². The highest BCUT2D eigenvalue weighted by atomic mass is 35.5. The second-order valence-electron chi connectivity index (χ2n) is 9.21. The summed E-state index contributed by atoms with van der Waals surface area (Å²) in [7, 11) is 1.31. The van der Waals surface area contributed by atoms with Crippen LogP contribution < -0.4 is 15.2 Å². The standard InChI is InChI=1S/C29H34Cl2N2O6/c1-19(12-20-8-10-24(11-9-20)39-18-28(36)37-2)33(15-22(34)17-38-23-6-4-3-5-7-23)16-27(35)21-13-25(30)29(32)26(31)14-21/h3-11,13-14,19,22,27,34-35H,12,15-18,32H2,1-2H3. The Morgan fingerprint density at radius 3 is 2.18 bits per heavy atom. The van der Waals surface area contributed by atoms with Gasteiger partial charge in [0.25, 0.3) is 0 Å². The number of aliphatic hydroxyl groups excluding tert-OH is 2. The molecular weight excluding hydrogens is 543 g/mol. The van der Waals surface area contributed by atoms with Crippen LogP contribution in [0.2, 0.25) is 10.0 Å². The van der Waals surface area contributed by atoms with E-state index in [0.717, 1.165) is 5.56 Å². The highest BCUT2D eigenvalue weighted by molar-refractivity contribution is 6.38. The third kappa shape index (κ3) is 9.60. The fraction of sp³-hybridized carbons (Fsp3) is 0.345. The molecule has 0 saturated heterocycles. The van der Waals surface area contributed by atoms with Crippen molar-refractivity contribution in [3.8, 4) is 11.5 Å². The molecule has 8 nitrogen and oxygen atoms in total. The summed E-state index contributed by atoms with van der Waals surface area (Å²) in [6, 6.07) is 19.8. The van der Waals surface area contributed by atoms with E-state index >= 15 is 0 Å². The SMILES string of the molecule is COC(=O)COc1ccc(CC(C)N(CC(O)COc2ccccc2)CC(O)c2cc(Cl)c(N)c(Cl)c2)cc1. The number of para-hydroxylation sites is 1. The van der Waals surface area contributed by atoms with Gasteiger partial charge in [0, 0.05) is 19.1 Å². The molecule has 0 spiro atoms. The molecule has 0 aromatic heterocycles. The van der Waals surface area contributed by atoms with E-state index in [9.17, 15) is 15.0 Å². The number of anilines is 1. The average molecular weight is 578 g/mol. The molecule has 0 radical (unpaired) electrons. The van der Waals surface area contributed by atoms with Crippen LogP contribution in [0.4, 0.5) is 5.69 Å². The predicted octanol–water partition coefficient (Wildman–Crippen LogP) is 4.53. The number of benzene rings is 3. The molecule has 0 aliphatic heterocycles. The van der Waals surface area contributed by atoms with Gasteiger partial charge in [0.05, 0.1) is 28.9 Å². The molecule has 0 amide bonds. The number of halogens is 2. The number of ether oxygens (including phenoxy) is 3. The predicted molar refractivity (Wildman–Crippen MR) is 152 cm³/mol. The number of esters is 1. The lowest BCUT2D eigenvalue weighted by Gasteiger charge is -2.33. The number of carbonyl (C=O) groups excluding carboxylic acids is 1. The maximum atomic E-state index is 11.3. The van der Waals surface area contributed by atoms with Gasteiger partial charge in [0.1, 0.15) is 24.2 Å². The van der Waals surface area contributed by atoms with Crippen LogP contribution in [0.25, 0.3) is 0 Å². The Kier molecular flexibility index (Phi) is 11.7. The zero-order chi connectivity index (χ0) is 28.4. The van der Waals surface area contributed by atoms with Crippen molar-refractivity contribution in [2.75, 3.05) is 39.1 Å². The van der Waals surface area contributed by atoms with Crippen molar-refractivity contribution in [2.45, 2.75) is 31.6 Å². The Bertz CT molecular complexity index is 1170. The Morgan fingerprint density at radius 1 is 0.949 bits per heavy atom. The normalized spacial score (nSPS) is 13.5. The molecular formula is C29H34Cl2N2O6. The monoisotopic (exact) mass is 576 g/mol. The zero-order valence-electron chi connectivity index (χ0n) is 21.9. The summed E-state index contributed by atoms with van der Waals surface area (Å²) in [6.07, 6.45) is -1.12. The molecule has 3 rings (SSSR count). The van der Waals surface area contributed by atoms with Crippen LogP contribution in [0, 0.1) is 0 Å². The average Bonchev–Trinajstić information content (AvgIpc) is 2.94. The van der Waals surface area contributed by atoms with Crippen LogP contribution in [0.1, 0.15) is 24.2 Å². The fourth-order valence-corrected chi connectivity index (χ4v) is 4.49. The highest BCUT2D eigenvalue weighted by Gasteiger charge is 2.23. The molecule has 0 bridgehead atoms. The van der Waals surface area contributed by atoms with Crippen molar-refractivity contribution < 1.29 is 29.2 Å². The number of hydrogen-bond acceptors (Lipinski definition) is 8. The van der Waals surface area contributed by atoms with Gasteiger partial charge in [-0.05, 0) is 60.9 Å². The van der Waals surface area contributed by atoms with Gasteiger partial charge in [-0.1, -0.05) is 53.5 Å². The molecule has 0 aliphatic rings. The molecule has 0 heterocycles. The molecule has 10 heteroatoms. The number of methoxy groups -OCH3 is 1. The summed E-state index contributed by atoms with van der Waals surface area (Å²) in [4.78, 5) is 13.3. The summed E-state index contributed by atoms with van der Waals surface area (Å²) in [5.41, 5.74) is 7.65. The van der Waals surface area contributed by atoms with Crippen LogP contribution in [-0.2, 0) is 16.0 Å². The van der Waals surface area contributed by atoms with Crippen molar-refractivity contribution in [2.24, 2.45) is 0 Å². The van der Waals surface area contributed by atoms with E-state index in [0.29, 0.717) is 23.5 Å². The molecule has 0 fully saturated rings. The van der Waals surface area contributed by atoms with Gasteiger partial charge in [-0.15, -0.1) is 0 Å². The van der Waals surface area contributed by atoms with Gasteiger partial charge in [-0.2, -0.15) is 0 Å². The molecule has 3 aromatic rings. The van der Waals surface area contributed by atoms with E-state index in [2.05, 4.69) is 4.74 Å². The first-order valence-electron chi connectivity index (χ1n) is 12.5. The van der Waals surface area contributed by atoms with E-state index in [4.69, 9.17) is 38.4 Å². The lowest BCUT2D eigenvalue weighted by Crippen LogP contribution is -2.44. The Hall–Kier alpha value is -3.01. The molecule has 4 N–H and O–H groups in total. The quantitative estimate of drug-likeness (QED) is 0.189. The summed E-state index contributed by atoms with van der Waals surface area (Å²) < 4.78 is 15.7. The van der Waals surface area contributed by atoms with E-state index in [1.54, 1.807) is 24.3 Å². The van der Waals surface area contributed by atoms with Crippen molar-refractivity contribution in [3.05, 3.63) is 87.9 Å². The number of hydrogen-bond donors (Lipinski definition) is 3. The van der Waals surface area contributed by atoms with E-state index in [1.165, 1.54) is 7.11 Å². The van der Waals surface area contributed by atoms with E-state index in [-0.39, 0.29) is 48.1 Å². The van der Waals surface area contributed by atoms with Gasteiger partial charge >= 0.3 is 5.97 Å². The molecule has 39 heavy (non-hydrogen) atoms. The minimum absolute atomic E-state index is 0.0763. The third-order valence-corrected chi connectivity index (χ3v) is 6.81. The second kappa shape index (κ2) is 15.0. The number of rotatable bonds is 14. The molecule has 0 saturated carbocycles. The largest absolute Gasteiger partial charge is 0.491 e. The number of nitrogens with zero attached hydrogens (tertiary/aromatic N) is 1. The molecule has 3 aromatic carbocycles. The van der Waals surface area contributed by atoms with Crippen molar-refractivity contribution in [1.29, 1.82) is 0 Å².